The number of nitrogens with zero attached hydrogens (tertiary/aromatic N) is 5. The van der Waals surface area contributed by atoms with Crippen molar-refractivity contribution >= 4 is 33.7 Å². The van der Waals surface area contributed by atoms with Crippen LogP contribution >= 0.6 is 0 Å². The first-order valence-electron chi connectivity index (χ1n) is 9.37. The summed E-state index contributed by atoms with van der Waals surface area (Å²) in [6, 6.07) is 10.1. The monoisotopic (exact) mass is 382 g/mol. The molecule has 4 aromatic rings. The maximum atomic E-state index is 11.9. The number of pyridine rings is 1. The number of para-hydroxylation sites is 1. The Bertz CT molecular complexity index is 1300. The van der Waals surface area contributed by atoms with Gasteiger partial charge >= 0.3 is 0 Å². The Labute approximate surface area is 167 Å². The second-order valence-electron chi connectivity index (χ2n) is 7.16. The Morgan fingerprint density at radius 3 is 2.97 bits per heavy atom. The maximum absolute atomic E-state index is 11.9. The Morgan fingerprint density at radius 1 is 1.24 bits per heavy atom. The van der Waals surface area contributed by atoms with E-state index in [1.807, 2.05) is 36.7 Å². The molecule has 1 aromatic carbocycles. The predicted octanol–water partition coefficient (Wildman–Crippen LogP) is 2.64. The maximum Gasteiger partial charge on any atom is 0.298 e. The molecule has 7 nitrogen and oxygen atoms in total. The summed E-state index contributed by atoms with van der Waals surface area (Å²) in [6.45, 7) is 1.17. The first kappa shape index (κ1) is 17.2. The van der Waals surface area contributed by atoms with Crippen LogP contribution in [0.5, 0.6) is 0 Å². The fourth-order valence-corrected chi connectivity index (χ4v) is 4.07. The van der Waals surface area contributed by atoms with Crippen LogP contribution in [0.1, 0.15) is 12.5 Å². The number of hydrogen-bond donors (Lipinski definition) is 1. The number of nitrogen functional groups attached to an aromatic ring is 1. The van der Waals surface area contributed by atoms with Crippen LogP contribution in [-0.2, 0) is 4.79 Å². The standard InChI is InChI=1S/C22H18N6O/c1-2-19(29)27-8-7-16(11-27)28-12-17(20-21(23)25-13-26-22(20)28)15-9-14-5-3-4-6-18(14)24-10-15/h1,3-6,9-10,12-13,16H,7-8,11H2,(H2,23,25,26)/t16-/m1/s1. The van der Waals surface area contributed by atoms with Crippen LogP contribution in [0.15, 0.2) is 49.1 Å². The van der Waals surface area contributed by atoms with Gasteiger partial charge in [-0.05, 0) is 24.5 Å². The minimum Gasteiger partial charge on any atom is -0.383 e. The largest absolute Gasteiger partial charge is 0.383 e. The molecule has 1 aliphatic heterocycles. The molecule has 1 saturated heterocycles. The van der Waals surface area contributed by atoms with Crippen LogP contribution < -0.4 is 5.73 Å². The number of carbonyl (C=O) groups is 1. The van der Waals surface area contributed by atoms with Gasteiger partial charge in [0.2, 0.25) is 0 Å². The average Bonchev–Trinajstić information content (AvgIpc) is 3.38. The Morgan fingerprint density at radius 2 is 2.10 bits per heavy atom. The van der Waals surface area contributed by atoms with Crippen molar-refractivity contribution < 1.29 is 4.79 Å². The molecule has 0 radical (unpaired) electrons. The summed E-state index contributed by atoms with van der Waals surface area (Å²) in [6.07, 6.45) is 11.4. The molecule has 0 aliphatic carbocycles. The molecular weight excluding hydrogens is 364 g/mol. The number of amides is 1. The van der Waals surface area contributed by atoms with E-state index in [0.717, 1.165) is 39.5 Å². The summed E-state index contributed by atoms with van der Waals surface area (Å²) in [5.41, 5.74) is 9.80. The normalized spacial score (nSPS) is 16.4. The molecule has 0 saturated carbocycles. The lowest BCUT2D eigenvalue weighted by Crippen LogP contribution is -2.27. The van der Waals surface area contributed by atoms with Crippen molar-refractivity contribution in [3.05, 3.63) is 49.1 Å². The lowest BCUT2D eigenvalue weighted by Gasteiger charge is -2.15. The smallest absolute Gasteiger partial charge is 0.298 e. The second kappa shape index (κ2) is 6.60. The number of aromatic nitrogens is 4. The van der Waals surface area contributed by atoms with Gasteiger partial charge in [0.25, 0.3) is 5.91 Å². The number of nitrogens with two attached hydrogens (primary N) is 1. The number of hydrogen-bond acceptors (Lipinski definition) is 5. The Balaban J connectivity index is 1.65. The van der Waals surface area contributed by atoms with Gasteiger partial charge in [0.15, 0.2) is 0 Å². The summed E-state index contributed by atoms with van der Waals surface area (Å²) in [7, 11) is 0. The van der Waals surface area contributed by atoms with Gasteiger partial charge in [-0.3, -0.25) is 9.78 Å². The van der Waals surface area contributed by atoms with Crippen molar-refractivity contribution in [2.45, 2.75) is 12.5 Å². The highest BCUT2D eigenvalue weighted by atomic mass is 16.2. The van der Waals surface area contributed by atoms with Gasteiger partial charge in [-0.25, -0.2) is 9.97 Å². The third kappa shape index (κ3) is 2.77. The minimum atomic E-state index is -0.281. The number of terminal acetylenes is 1. The molecule has 142 valence electrons. The highest BCUT2D eigenvalue weighted by Crippen LogP contribution is 2.36. The van der Waals surface area contributed by atoms with Crippen LogP contribution in [0, 0.1) is 12.3 Å². The Hall–Kier alpha value is -3.92. The minimum absolute atomic E-state index is 0.0752. The van der Waals surface area contributed by atoms with Gasteiger partial charge in [0.05, 0.1) is 16.9 Å². The second-order valence-corrected chi connectivity index (χ2v) is 7.16. The van der Waals surface area contributed by atoms with Crippen molar-refractivity contribution in [3.63, 3.8) is 0 Å². The van der Waals surface area contributed by atoms with Crippen molar-refractivity contribution in [2.75, 3.05) is 18.8 Å². The lowest BCUT2D eigenvalue weighted by atomic mass is 10.1. The van der Waals surface area contributed by atoms with E-state index in [1.165, 1.54) is 6.33 Å². The van der Waals surface area contributed by atoms with Gasteiger partial charge < -0.3 is 15.2 Å². The van der Waals surface area contributed by atoms with E-state index in [4.69, 9.17) is 12.2 Å². The highest BCUT2D eigenvalue weighted by Gasteiger charge is 2.29. The van der Waals surface area contributed by atoms with E-state index < -0.39 is 0 Å². The summed E-state index contributed by atoms with van der Waals surface area (Å²) >= 11 is 0. The zero-order valence-corrected chi connectivity index (χ0v) is 15.6. The number of carbonyl (C=O) groups excluding carboxylic acids is 1. The number of anilines is 1. The zero-order chi connectivity index (χ0) is 20.0. The number of benzene rings is 1. The fraction of sp³-hybridized carbons (Fsp3) is 0.182. The van der Waals surface area contributed by atoms with E-state index in [1.54, 1.807) is 4.90 Å². The molecule has 29 heavy (non-hydrogen) atoms. The van der Waals surface area contributed by atoms with Crippen LogP contribution in [0.2, 0.25) is 0 Å². The van der Waals surface area contributed by atoms with Crippen molar-refractivity contribution in [2.24, 2.45) is 0 Å². The SMILES string of the molecule is C#CC(=O)N1CC[C@@H](n2cc(-c3cnc4ccccc4c3)c3c(N)ncnc32)C1. The quantitative estimate of drug-likeness (QED) is 0.538. The van der Waals surface area contributed by atoms with Crippen LogP contribution in [0.25, 0.3) is 33.1 Å². The number of fused-ring (bicyclic) bond motifs is 2. The number of rotatable bonds is 2. The molecular formula is C22H18N6O. The van der Waals surface area contributed by atoms with Gasteiger partial charge in [0, 0.05) is 42.0 Å². The van der Waals surface area contributed by atoms with Crippen LogP contribution in [0.3, 0.4) is 0 Å². The average molecular weight is 382 g/mol. The van der Waals surface area contributed by atoms with Crippen LogP contribution in [0.4, 0.5) is 5.82 Å². The molecule has 0 bridgehead atoms. The summed E-state index contributed by atoms with van der Waals surface area (Å²) in [4.78, 5) is 26.8. The molecule has 1 amide bonds. The van der Waals surface area contributed by atoms with Crippen LogP contribution in [-0.4, -0.2) is 43.4 Å². The van der Waals surface area contributed by atoms with E-state index >= 15 is 0 Å². The first-order chi connectivity index (χ1) is 14.2. The number of likely N-dealkylation sites (tertiary alicyclic amines) is 1. The third-order valence-electron chi connectivity index (χ3n) is 5.51. The molecule has 2 N–H and O–H groups in total. The predicted molar refractivity (Wildman–Crippen MR) is 112 cm³/mol. The summed E-state index contributed by atoms with van der Waals surface area (Å²) in [5, 5.41) is 1.85. The highest BCUT2D eigenvalue weighted by molar-refractivity contribution is 6.02. The van der Waals surface area contributed by atoms with E-state index in [2.05, 4.69) is 31.5 Å². The Kier molecular flexibility index (Phi) is 3.91. The topological polar surface area (TPSA) is 89.9 Å². The molecule has 3 aromatic heterocycles. The van der Waals surface area contributed by atoms with Gasteiger partial charge in [-0.15, -0.1) is 6.42 Å². The molecule has 0 spiro atoms. The molecule has 5 rings (SSSR count). The van der Waals surface area contributed by atoms with Crippen molar-refractivity contribution in [1.29, 1.82) is 0 Å². The summed E-state index contributed by atoms with van der Waals surface area (Å²) in [5.74, 6) is 2.34. The van der Waals surface area contributed by atoms with Gasteiger partial charge in [0.1, 0.15) is 17.8 Å². The molecule has 1 fully saturated rings. The third-order valence-corrected chi connectivity index (χ3v) is 5.51. The van der Waals surface area contributed by atoms with E-state index in [9.17, 15) is 4.79 Å². The van der Waals surface area contributed by atoms with E-state index in [0.29, 0.717) is 18.9 Å². The van der Waals surface area contributed by atoms with E-state index in [-0.39, 0.29) is 11.9 Å². The molecule has 7 heteroatoms. The van der Waals surface area contributed by atoms with Gasteiger partial charge in [-0.1, -0.05) is 18.2 Å². The molecule has 1 atom stereocenters. The zero-order valence-electron chi connectivity index (χ0n) is 15.6. The molecule has 1 aliphatic rings. The van der Waals surface area contributed by atoms with Crippen molar-refractivity contribution in [3.8, 4) is 23.5 Å². The first-order valence-corrected chi connectivity index (χ1v) is 9.37. The summed E-state index contributed by atoms with van der Waals surface area (Å²) < 4.78 is 2.09. The lowest BCUT2D eigenvalue weighted by molar-refractivity contribution is -0.124. The fourth-order valence-electron chi connectivity index (χ4n) is 4.07. The van der Waals surface area contributed by atoms with Crippen molar-refractivity contribution in [1.82, 2.24) is 24.4 Å². The molecule has 4 heterocycles. The molecule has 0 unspecified atom stereocenters. The van der Waals surface area contributed by atoms with Gasteiger partial charge in [-0.2, -0.15) is 0 Å².